The topological polar surface area (TPSA) is 127 Å². The number of carbonyl (C=O) groups is 1. The average molecular weight is 247 g/mol. The molecule has 0 aliphatic carbocycles. The molecule has 0 fully saturated rings. The fraction of sp³-hybridized carbons (Fsp3) is 0.125. The molecule has 0 aromatic heterocycles. The van der Waals surface area contributed by atoms with E-state index in [0.29, 0.717) is 0 Å². The lowest BCUT2D eigenvalue weighted by molar-refractivity contribution is -0.385. The highest BCUT2D eigenvalue weighted by atomic mass is 35.5. The van der Waals surface area contributed by atoms with E-state index >= 15 is 0 Å². The maximum absolute atomic E-state index is 10.6. The van der Waals surface area contributed by atoms with Crippen LogP contribution in [0.2, 0.25) is 5.02 Å². The van der Waals surface area contributed by atoms with Crippen molar-refractivity contribution in [3.05, 3.63) is 32.8 Å². The molecule has 1 atom stereocenters. The number of carboxylic acids is 1. The Morgan fingerprint density at radius 1 is 1.56 bits per heavy atom. The van der Waals surface area contributed by atoms with Gasteiger partial charge in [-0.15, -0.1) is 0 Å². The van der Waals surface area contributed by atoms with Crippen molar-refractivity contribution in [2.45, 2.75) is 6.04 Å². The van der Waals surface area contributed by atoms with Gasteiger partial charge in [0.05, 0.1) is 4.92 Å². The smallest absolute Gasteiger partial charge is 0.325 e. The number of halogens is 1. The van der Waals surface area contributed by atoms with Gasteiger partial charge in [0.1, 0.15) is 6.04 Å². The molecule has 0 amide bonds. The predicted octanol–water partition coefficient (Wildman–Crippen LogP) is 1.04. The molecule has 0 radical (unpaired) electrons. The number of nitrogens with two attached hydrogens (primary N) is 1. The van der Waals surface area contributed by atoms with E-state index in [0.717, 1.165) is 12.1 Å². The van der Waals surface area contributed by atoms with Gasteiger partial charge in [0.25, 0.3) is 0 Å². The van der Waals surface area contributed by atoms with Crippen LogP contribution in [0.5, 0.6) is 5.75 Å². The van der Waals surface area contributed by atoms with Crippen LogP contribution in [0.4, 0.5) is 5.69 Å². The zero-order valence-electron chi connectivity index (χ0n) is 7.75. The van der Waals surface area contributed by atoms with Crippen LogP contribution in [0.15, 0.2) is 12.1 Å². The minimum atomic E-state index is -1.57. The average Bonchev–Trinajstić information content (AvgIpc) is 2.19. The Balaban J connectivity index is 3.40. The van der Waals surface area contributed by atoms with Gasteiger partial charge in [0, 0.05) is 16.7 Å². The van der Waals surface area contributed by atoms with Crippen molar-refractivity contribution in [1.29, 1.82) is 0 Å². The van der Waals surface area contributed by atoms with Crippen LogP contribution in [-0.2, 0) is 4.79 Å². The summed E-state index contributed by atoms with van der Waals surface area (Å²) in [6, 6.07) is 0.412. The summed E-state index contributed by atoms with van der Waals surface area (Å²) in [4.78, 5) is 20.2. The molecule has 86 valence electrons. The highest BCUT2D eigenvalue weighted by Gasteiger charge is 2.25. The van der Waals surface area contributed by atoms with Crippen molar-refractivity contribution >= 4 is 23.3 Å². The number of benzene rings is 1. The molecule has 0 heterocycles. The predicted molar refractivity (Wildman–Crippen MR) is 54.3 cm³/mol. The molecule has 8 heteroatoms. The lowest BCUT2D eigenvalue weighted by atomic mass is 10.1. The van der Waals surface area contributed by atoms with Crippen LogP contribution in [-0.4, -0.2) is 21.1 Å². The van der Waals surface area contributed by atoms with Gasteiger partial charge >= 0.3 is 11.7 Å². The molecule has 16 heavy (non-hydrogen) atoms. The Hall–Kier alpha value is -1.86. The third kappa shape index (κ3) is 2.20. The van der Waals surface area contributed by atoms with Crippen LogP contribution in [0.1, 0.15) is 11.6 Å². The maximum atomic E-state index is 10.6. The first-order valence-corrected chi connectivity index (χ1v) is 4.37. The third-order valence-electron chi connectivity index (χ3n) is 1.88. The molecule has 1 aromatic rings. The van der Waals surface area contributed by atoms with Gasteiger partial charge in [-0.3, -0.25) is 14.9 Å². The second kappa shape index (κ2) is 4.33. The number of rotatable bonds is 3. The van der Waals surface area contributed by atoms with Crippen LogP contribution in [0, 0.1) is 10.1 Å². The van der Waals surface area contributed by atoms with Gasteiger partial charge in [0.15, 0.2) is 5.75 Å². The van der Waals surface area contributed by atoms with Crippen LogP contribution >= 0.6 is 11.6 Å². The summed E-state index contributed by atoms with van der Waals surface area (Å²) in [5, 5.41) is 28.5. The molecule has 7 nitrogen and oxygen atoms in total. The maximum Gasteiger partial charge on any atom is 0.325 e. The van der Waals surface area contributed by atoms with Gasteiger partial charge in [-0.05, 0) is 6.07 Å². The first kappa shape index (κ1) is 12.2. The summed E-state index contributed by atoms with van der Waals surface area (Å²) in [5.41, 5.74) is 4.26. The minimum absolute atomic E-state index is 0.0730. The summed E-state index contributed by atoms with van der Waals surface area (Å²) in [5.74, 6) is -2.21. The fourth-order valence-corrected chi connectivity index (χ4v) is 1.34. The lowest BCUT2D eigenvalue weighted by Crippen LogP contribution is -2.20. The summed E-state index contributed by atoms with van der Waals surface area (Å²) < 4.78 is 0. The Kier molecular flexibility index (Phi) is 3.31. The number of aliphatic carboxylic acids is 1. The second-order valence-electron chi connectivity index (χ2n) is 2.94. The van der Waals surface area contributed by atoms with Crippen molar-refractivity contribution < 1.29 is 19.9 Å². The van der Waals surface area contributed by atoms with Crippen molar-refractivity contribution in [3.8, 4) is 5.75 Å². The molecule has 0 aliphatic heterocycles. The zero-order valence-corrected chi connectivity index (χ0v) is 8.51. The van der Waals surface area contributed by atoms with Gasteiger partial charge < -0.3 is 15.9 Å². The van der Waals surface area contributed by atoms with Crippen LogP contribution in [0.3, 0.4) is 0 Å². The first-order chi connectivity index (χ1) is 7.34. The highest BCUT2D eigenvalue weighted by Crippen LogP contribution is 2.35. The number of hydrogen-bond acceptors (Lipinski definition) is 5. The van der Waals surface area contributed by atoms with Gasteiger partial charge in [-0.1, -0.05) is 11.6 Å². The molecule has 0 saturated carbocycles. The number of phenols is 1. The van der Waals surface area contributed by atoms with Crippen molar-refractivity contribution in [1.82, 2.24) is 0 Å². The van der Waals surface area contributed by atoms with E-state index in [4.69, 9.17) is 22.4 Å². The van der Waals surface area contributed by atoms with E-state index < -0.39 is 28.4 Å². The van der Waals surface area contributed by atoms with Crippen LogP contribution < -0.4 is 5.73 Å². The van der Waals surface area contributed by atoms with E-state index in [2.05, 4.69) is 0 Å². The Morgan fingerprint density at radius 2 is 2.12 bits per heavy atom. The molecular formula is C8H7ClN2O5. The molecule has 0 bridgehead atoms. The number of nitro benzene ring substituents is 1. The van der Waals surface area contributed by atoms with Gasteiger partial charge in [0.2, 0.25) is 0 Å². The third-order valence-corrected chi connectivity index (χ3v) is 2.10. The Labute approximate surface area is 94.2 Å². The Bertz CT molecular complexity index is 462. The van der Waals surface area contributed by atoms with Gasteiger partial charge in [-0.2, -0.15) is 0 Å². The molecule has 0 unspecified atom stereocenters. The minimum Gasteiger partial charge on any atom is -0.502 e. The monoisotopic (exact) mass is 246 g/mol. The fourth-order valence-electron chi connectivity index (χ4n) is 1.11. The van der Waals surface area contributed by atoms with E-state index in [9.17, 15) is 20.0 Å². The number of phenolic OH excluding ortho intramolecular Hbond substituents is 1. The summed E-state index contributed by atoms with van der Waals surface area (Å²) >= 11 is 5.55. The second-order valence-corrected chi connectivity index (χ2v) is 3.37. The number of nitro groups is 1. The number of hydrogen-bond donors (Lipinski definition) is 3. The van der Waals surface area contributed by atoms with Crippen molar-refractivity contribution in [3.63, 3.8) is 0 Å². The van der Waals surface area contributed by atoms with Crippen molar-refractivity contribution in [2.24, 2.45) is 5.73 Å². The van der Waals surface area contributed by atoms with E-state index in [1.165, 1.54) is 0 Å². The number of aromatic hydroxyl groups is 1. The Morgan fingerprint density at radius 3 is 2.56 bits per heavy atom. The highest BCUT2D eigenvalue weighted by molar-refractivity contribution is 6.31. The van der Waals surface area contributed by atoms with Gasteiger partial charge in [-0.25, -0.2) is 0 Å². The summed E-state index contributed by atoms with van der Waals surface area (Å²) in [6.45, 7) is 0. The zero-order chi connectivity index (χ0) is 12.5. The largest absolute Gasteiger partial charge is 0.502 e. The van der Waals surface area contributed by atoms with E-state index in [1.54, 1.807) is 0 Å². The van der Waals surface area contributed by atoms with E-state index in [-0.39, 0.29) is 10.6 Å². The molecule has 4 N–H and O–H groups in total. The summed E-state index contributed by atoms with van der Waals surface area (Å²) in [6.07, 6.45) is 0. The molecule has 1 aromatic carbocycles. The standard InChI is InChI=1S/C8H7ClN2O5/c9-3-1-4(6(10)8(13)14)7(12)5(2-3)11(15)16/h1-2,6,12H,10H2,(H,13,14)/t6-/m0/s1. The molecular weight excluding hydrogens is 240 g/mol. The quantitative estimate of drug-likeness (QED) is 0.540. The molecule has 0 spiro atoms. The number of carboxylic acid groups (broad SMARTS) is 1. The SMILES string of the molecule is N[C@H](C(=O)O)c1cc(Cl)cc([N+](=O)[O-])c1O. The lowest BCUT2D eigenvalue weighted by Gasteiger charge is -2.09. The first-order valence-electron chi connectivity index (χ1n) is 3.99. The summed E-state index contributed by atoms with van der Waals surface area (Å²) in [7, 11) is 0. The van der Waals surface area contributed by atoms with Crippen LogP contribution in [0.25, 0.3) is 0 Å². The normalized spacial score (nSPS) is 12.1. The van der Waals surface area contributed by atoms with Crippen molar-refractivity contribution in [2.75, 3.05) is 0 Å². The molecule has 0 saturated heterocycles. The number of nitrogens with zero attached hydrogens (tertiary/aromatic N) is 1. The van der Waals surface area contributed by atoms with E-state index in [1.807, 2.05) is 0 Å². The molecule has 1 rings (SSSR count). The molecule has 0 aliphatic rings.